The minimum Gasteiger partial charge on any atom is -0.396 e. The largest absolute Gasteiger partial charge is 0.396 e. The van der Waals surface area contributed by atoms with E-state index < -0.39 is 0 Å². The molecule has 0 spiro atoms. The van der Waals surface area contributed by atoms with Crippen molar-refractivity contribution in [3.63, 3.8) is 0 Å². The van der Waals surface area contributed by atoms with E-state index >= 15 is 0 Å². The molecule has 0 heterocycles. The Morgan fingerprint density at radius 2 is 1.94 bits per heavy atom. The second-order valence-electron chi connectivity index (χ2n) is 6.44. The van der Waals surface area contributed by atoms with E-state index in [-0.39, 0.29) is 24.5 Å². The van der Waals surface area contributed by atoms with Crippen LogP contribution in [0.1, 0.15) is 33.6 Å². The molecule has 6 atom stereocenters. The second-order valence-corrected chi connectivity index (χ2v) is 6.44. The molecule has 0 aromatic carbocycles. The summed E-state index contributed by atoms with van der Waals surface area (Å²) in [5, 5.41) is 20.0. The van der Waals surface area contributed by atoms with Gasteiger partial charge in [0.1, 0.15) is 0 Å². The number of aliphatic hydroxyl groups excluding tert-OH is 2. The fourth-order valence-corrected chi connectivity index (χ4v) is 4.01. The van der Waals surface area contributed by atoms with E-state index in [2.05, 4.69) is 32.9 Å². The lowest BCUT2D eigenvalue weighted by molar-refractivity contribution is -0.0439. The topological polar surface area (TPSA) is 40.5 Å². The van der Waals surface area contributed by atoms with Crippen molar-refractivity contribution in [1.29, 1.82) is 0 Å². The Morgan fingerprint density at radius 1 is 1.24 bits per heavy atom. The molecule has 0 radical (unpaired) electrons. The van der Waals surface area contributed by atoms with Crippen LogP contribution in [0.5, 0.6) is 0 Å². The van der Waals surface area contributed by atoms with Gasteiger partial charge >= 0.3 is 0 Å². The molecule has 1 fully saturated rings. The van der Waals surface area contributed by atoms with Gasteiger partial charge in [-0.3, -0.25) is 0 Å². The second kappa shape index (κ2) is 5.11. The Morgan fingerprint density at radius 3 is 2.53 bits per heavy atom. The van der Waals surface area contributed by atoms with Crippen LogP contribution in [0.4, 0.5) is 0 Å². The van der Waals surface area contributed by atoms with Crippen LogP contribution >= 0.6 is 0 Å². The molecule has 2 unspecified atom stereocenters. The van der Waals surface area contributed by atoms with Crippen LogP contribution in [0.15, 0.2) is 12.2 Å². The lowest BCUT2D eigenvalue weighted by atomic mass is 9.60. The number of fused-ring (bicyclic) bond motifs is 1. The first-order valence-electron chi connectivity index (χ1n) is 7.01. The van der Waals surface area contributed by atoms with Crippen LogP contribution in [0, 0.1) is 35.5 Å². The average Bonchev–Trinajstić information content (AvgIpc) is 2.26. The van der Waals surface area contributed by atoms with Crippen molar-refractivity contribution in [3.8, 4) is 0 Å². The van der Waals surface area contributed by atoms with Gasteiger partial charge in [-0.1, -0.05) is 32.9 Å². The molecule has 0 aromatic heterocycles. The summed E-state index contributed by atoms with van der Waals surface area (Å²) in [5.41, 5.74) is 0. The van der Waals surface area contributed by atoms with Gasteiger partial charge in [0.2, 0.25) is 0 Å². The van der Waals surface area contributed by atoms with Gasteiger partial charge in [-0.05, 0) is 48.3 Å². The summed E-state index contributed by atoms with van der Waals surface area (Å²) < 4.78 is 0. The number of allylic oxidation sites excluding steroid dienone is 2. The number of hydrogen-bond acceptors (Lipinski definition) is 2. The summed E-state index contributed by atoms with van der Waals surface area (Å²) in [6, 6.07) is 0. The van der Waals surface area contributed by atoms with Crippen LogP contribution < -0.4 is 0 Å². The smallest absolute Gasteiger partial charge is 0.0580 e. The SMILES string of the molecule is CC(C)[C@H]1C=CC2C[C@H](C)C[C@H](O)C2[C@H]1CO. The first kappa shape index (κ1) is 13.1. The zero-order valence-electron chi connectivity index (χ0n) is 11.2. The van der Waals surface area contributed by atoms with Gasteiger partial charge in [-0.25, -0.2) is 0 Å². The molecule has 2 aliphatic rings. The standard InChI is InChI=1S/C15H26O2/c1-9(2)12-5-4-11-6-10(3)7-14(17)15(11)13(12)8-16/h4-5,9-17H,6-8H2,1-3H3/t10-,11?,12+,13-,14-,15?/m0/s1. The highest BCUT2D eigenvalue weighted by atomic mass is 16.3. The van der Waals surface area contributed by atoms with Crippen molar-refractivity contribution >= 4 is 0 Å². The maximum Gasteiger partial charge on any atom is 0.0580 e. The third-order valence-corrected chi connectivity index (χ3v) is 4.81. The van der Waals surface area contributed by atoms with E-state index in [1.165, 1.54) is 6.42 Å². The molecule has 0 bridgehead atoms. The zero-order valence-corrected chi connectivity index (χ0v) is 11.2. The van der Waals surface area contributed by atoms with E-state index in [0.29, 0.717) is 23.7 Å². The van der Waals surface area contributed by atoms with Crippen LogP contribution in [-0.2, 0) is 0 Å². The average molecular weight is 238 g/mol. The number of rotatable bonds is 2. The predicted octanol–water partition coefficient (Wildman–Crippen LogP) is 2.46. The molecule has 2 heteroatoms. The molecule has 2 aliphatic carbocycles. The molecule has 2 nitrogen and oxygen atoms in total. The molecule has 0 aromatic rings. The molecule has 1 saturated carbocycles. The van der Waals surface area contributed by atoms with Crippen molar-refractivity contribution in [2.24, 2.45) is 35.5 Å². The van der Waals surface area contributed by atoms with Crippen LogP contribution in [0.3, 0.4) is 0 Å². The molecular weight excluding hydrogens is 212 g/mol. The van der Waals surface area contributed by atoms with Crippen molar-refractivity contribution < 1.29 is 10.2 Å². The van der Waals surface area contributed by atoms with Gasteiger partial charge in [0.05, 0.1) is 6.10 Å². The molecule has 0 saturated heterocycles. The van der Waals surface area contributed by atoms with E-state index in [0.717, 1.165) is 6.42 Å². The zero-order chi connectivity index (χ0) is 12.6. The fourth-order valence-electron chi connectivity index (χ4n) is 4.01. The number of aliphatic hydroxyl groups is 2. The first-order valence-corrected chi connectivity index (χ1v) is 7.01. The Bertz CT molecular complexity index is 285. The summed E-state index contributed by atoms with van der Waals surface area (Å²) in [5.74, 6) is 2.55. The van der Waals surface area contributed by atoms with E-state index in [1.54, 1.807) is 0 Å². The molecule has 0 amide bonds. The molecule has 0 aliphatic heterocycles. The minimum absolute atomic E-state index is 0.208. The Balaban J connectivity index is 2.24. The highest BCUT2D eigenvalue weighted by molar-refractivity contribution is 5.09. The summed E-state index contributed by atoms with van der Waals surface area (Å²) in [6.07, 6.45) is 6.43. The monoisotopic (exact) mass is 238 g/mol. The van der Waals surface area contributed by atoms with Gasteiger partial charge in [-0.15, -0.1) is 0 Å². The predicted molar refractivity (Wildman–Crippen MR) is 69.4 cm³/mol. The lowest BCUT2D eigenvalue weighted by Crippen LogP contribution is -2.46. The normalized spacial score (nSPS) is 46.0. The van der Waals surface area contributed by atoms with Crippen LogP contribution in [-0.4, -0.2) is 22.9 Å². The molecule has 2 N–H and O–H groups in total. The van der Waals surface area contributed by atoms with Crippen LogP contribution in [0.2, 0.25) is 0 Å². The molecule has 17 heavy (non-hydrogen) atoms. The van der Waals surface area contributed by atoms with E-state index in [4.69, 9.17) is 0 Å². The van der Waals surface area contributed by atoms with E-state index in [9.17, 15) is 10.2 Å². The molecular formula is C15H26O2. The van der Waals surface area contributed by atoms with Gasteiger partial charge < -0.3 is 10.2 Å². The summed E-state index contributed by atoms with van der Waals surface area (Å²) >= 11 is 0. The molecule has 98 valence electrons. The Hall–Kier alpha value is -0.340. The maximum atomic E-state index is 10.3. The van der Waals surface area contributed by atoms with Crippen molar-refractivity contribution in [1.82, 2.24) is 0 Å². The molecule has 2 rings (SSSR count). The van der Waals surface area contributed by atoms with E-state index in [1.807, 2.05) is 0 Å². The highest BCUT2D eigenvalue weighted by Gasteiger charge is 2.44. The lowest BCUT2D eigenvalue weighted by Gasteiger charge is -2.47. The summed E-state index contributed by atoms with van der Waals surface area (Å²) in [4.78, 5) is 0. The van der Waals surface area contributed by atoms with Crippen molar-refractivity contribution in [2.45, 2.75) is 39.7 Å². The maximum absolute atomic E-state index is 10.3. The van der Waals surface area contributed by atoms with Gasteiger partial charge in [0.15, 0.2) is 0 Å². The Labute approximate surface area is 105 Å². The Kier molecular flexibility index (Phi) is 3.94. The first-order chi connectivity index (χ1) is 8.04. The van der Waals surface area contributed by atoms with Gasteiger partial charge in [0.25, 0.3) is 0 Å². The van der Waals surface area contributed by atoms with Crippen molar-refractivity contribution in [2.75, 3.05) is 6.61 Å². The minimum atomic E-state index is -0.230. The summed E-state index contributed by atoms with van der Waals surface area (Å²) in [7, 11) is 0. The third-order valence-electron chi connectivity index (χ3n) is 4.81. The fraction of sp³-hybridized carbons (Fsp3) is 0.867. The van der Waals surface area contributed by atoms with Gasteiger partial charge in [0, 0.05) is 6.61 Å². The quantitative estimate of drug-likeness (QED) is 0.726. The number of hydrogen-bond donors (Lipinski definition) is 2. The van der Waals surface area contributed by atoms with Gasteiger partial charge in [-0.2, -0.15) is 0 Å². The van der Waals surface area contributed by atoms with Crippen LogP contribution in [0.25, 0.3) is 0 Å². The third kappa shape index (κ3) is 2.43. The highest BCUT2D eigenvalue weighted by Crippen LogP contribution is 2.46. The summed E-state index contributed by atoms with van der Waals surface area (Å²) in [6.45, 7) is 6.83. The van der Waals surface area contributed by atoms with Crippen molar-refractivity contribution in [3.05, 3.63) is 12.2 Å².